The Morgan fingerprint density at radius 3 is 2.57 bits per heavy atom. The molecule has 0 bridgehead atoms. The summed E-state index contributed by atoms with van der Waals surface area (Å²) in [5, 5.41) is 4.05. The van der Waals surface area contributed by atoms with E-state index in [4.69, 9.17) is 32.7 Å². The second-order valence-corrected chi connectivity index (χ2v) is 8.15. The van der Waals surface area contributed by atoms with Crippen molar-refractivity contribution in [2.24, 2.45) is 0 Å². The first-order valence-corrected chi connectivity index (χ1v) is 10.9. The third kappa shape index (κ3) is 6.38. The zero-order valence-electron chi connectivity index (χ0n) is 17.1. The van der Waals surface area contributed by atoms with Crippen molar-refractivity contribution in [1.82, 2.24) is 20.0 Å². The molecular weight excluding hydrogens is 431 g/mol. The van der Waals surface area contributed by atoms with Crippen molar-refractivity contribution in [3.8, 4) is 0 Å². The van der Waals surface area contributed by atoms with Crippen LogP contribution in [0.1, 0.15) is 12.5 Å². The molecule has 0 spiro atoms. The van der Waals surface area contributed by atoms with Gasteiger partial charge in [0.1, 0.15) is 0 Å². The van der Waals surface area contributed by atoms with Gasteiger partial charge in [0, 0.05) is 52.4 Å². The number of nitrogens with zero attached hydrogens (tertiary/aromatic N) is 3. The van der Waals surface area contributed by atoms with Gasteiger partial charge in [0.15, 0.2) is 0 Å². The van der Waals surface area contributed by atoms with Gasteiger partial charge in [-0.1, -0.05) is 29.3 Å². The minimum atomic E-state index is -0.324. The molecule has 2 saturated heterocycles. The summed E-state index contributed by atoms with van der Waals surface area (Å²) >= 11 is 12.1. The first-order chi connectivity index (χ1) is 14.5. The number of carbonyl (C=O) groups excluding carboxylic acids is 2. The molecule has 10 heteroatoms. The van der Waals surface area contributed by atoms with Crippen LogP contribution in [0.25, 0.3) is 0 Å². The van der Waals surface area contributed by atoms with Gasteiger partial charge in [0.2, 0.25) is 0 Å². The number of hydrogen-bond acceptors (Lipinski definition) is 5. The fourth-order valence-electron chi connectivity index (χ4n) is 3.56. The molecule has 1 atom stereocenters. The van der Waals surface area contributed by atoms with Crippen LogP contribution in [0.5, 0.6) is 0 Å². The van der Waals surface area contributed by atoms with Crippen LogP contribution in [0.4, 0.5) is 9.59 Å². The maximum Gasteiger partial charge on any atom is 0.409 e. The normalized spacial score (nSPS) is 20.2. The van der Waals surface area contributed by atoms with Crippen molar-refractivity contribution in [2.75, 3.05) is 59.0 Å². The van der Waals surface area contributed by atoms with Crippen LogP contribution < -0.4 is 5.32 Å². The van der Waals surface area contributed by atoms with Crippen molar-refractivity contribution in [1.29, 1.82) is 0 Å². The zero-order chi connectivity index (χ0) is 21.5. The Morgan fingerprint density at radius 2 is 1.87 bits per heavy atom. The van der Waals surface area contributed by atoms with Crippen molar-refractivity contribution in [3.05, 3.63) is 33.8 Å². The number of benzene rings is 1. The minimum Gasteiger partial charge on any atom is -0.450 e. The lowest BCUT2D eigenvalue weighted by Gasteiger charge is -2.35. The van der Waals surface area contributed by atoms with Gasteiger partial charge in [0.25, 0.3) is 0 Å². The van der Waals surface area contributed by atoms with E-state index in [1.165, 1.54) is 0 Å². The smallest absolute Gasteiger partial charge is 0.409 e. The molecule has 2 heterocycles. The summed E-state index contributed by atoms with van der Waals surface area (Å²) in [7, 11) is 0. The first kappa shape index (κ1) is 22.9. The van der Waals surface area contributed by atoms with Gasteiger partial charge in [-0.25, -0.2) is 9.59 Å². The number of hydrogen-bond donors (Lipinski definition) is 1. The predicted octanol–water partition coefficient (Wildman–Crippen LogP) is 2.68. The van der Waals surface area contributed by atoms with E-state index in [1.807, 2.05) is 12.1 Å². The highest BCUT2D eigenvalue weighted by Gasteiger charge is 2.26. The Hall–Kier alpha value is -1.74. The Morgan fingerprint density at radius 1 is 1.13 bits per heavy atom. The summed E-state index contributed by atoms with van der Waals surface area (Å²) < 4.78 is 10.8. The number of morpholine rings is 1. The summed E-state index contributed by atoms with van der Waals surface area (Å²) in [6, 6.07) is 5.52. The average Bonchev–Trinajstić information content (AvgIpc) is 2.75. The highest BCUT2D eigenvalue weighted by molar-refractivity contribution is 6.42. The van der Waals surface area contributed by atoms with Gasteiger partial charge in [-0.05, 0) is 24.6 Å². The van der Waals surface area contributed by atoms with Crippen LogP contribution in [0.2, 0.25) is 10.0 Å². The molecule has 1 aromatic rings. The number of nitrogens with one attached hydrogen (secondary N) is 1. The topological polar surface area (TPSA) is 74.4 Å². The van der Waals surface area contributed by atoms with E-state index in [2.05, 4.69) is 10.2 Å². The Bertz CT molecular complexity index is 744. The second kappa shape index (κ2) is 11.0. The van der Waals surface area contributed by atoms with E-state index in [0.29, 0.717) is 56.0 Å². The van der Waals surface area contributed by atoms with Crippen LogP contribution in [0.3, 0.4) is 0 Å². The van der Waals surface area contributed by atoms with E-state index in [1.54, 1.807) is 22.8 Å². The van der Waals surface area contributed by atoms with E-state index >= 15 is 0 Å². The maximum absolute atomic E-state index is 12.5. The largest absolute Gasteiger partial charge is 0.450 e. The van der Waals surface area contributed by atoms with Gasteiger partial charge >= 0.3 is 12.1 Å². The van der Waals surface area contributed by atoms with Gasteiger partial charge in [-0.3, -0.25) is 4.90 Å². The van der Waals surface area contributed by atoms with Crippen molar-refractivity contribution in [2.45, 2.75) is 19.6 Å². The molecule has 0 radical (unpaired) electrons. The molecule has 2 aliphatic heterocycles. The fourth-order valence-corrected chi connectivity index (χ4v) is 3.88. The number of rotatable bonds is 5. The lowest BCUT2D eigenvalue weighted by Crippen LogP contribution is -2.55. The molecule has 1 N–H and O–H groups in total. The Labute approximate surface area is 187 Å². The molecule has 0 saturated carbocycles. The van der Waals surface area contributed by atoms with Crippen LogP contribution in [0, 0.1) is 0 Å². The Kier molecular flexibility index (Phi) is 8.44. The minimum absolute atomic E-state index is 0.0775. The van der Waals surface area contributed by atoms with E-state index in [9.17, 15) is 9.59 Å². The molecule has 2 fully saturated rings. The highest BCUT2D eigenvalue weighted by Crippen LogP contribution is 2.23. The van der Waals surface area contributed by atoms with Crippen LogP contribution in [0.15, 0.2) is 18.2 Å². The number of piperazine rings is 1. The summed E-state index contributed by atoms with van der Waals surface area (Å²) in [4.78, 5) is 29.8. The Balaban J connectivity index is 1.40. The quantitative estimate of drug-likeness (QED) is 0.733. The van der Waals surface area contributed by atoms with Crippen molar-refractivity contribution in [3.63, 3.8) is 0 Å². The molecule has 166 valence electrons. The molecule has 1 unspecified atom stereocenters. The number of urea groups is 1. The lowest BCUT2D eigenvalue weighted by atomic mass is 10.2. The van der Waals surface area contributed by atoms with E-state index in [-0.39, 0.29) is 18.2 Å². The summed E-state index contributed by atoms with van der Waals surface area (Å²) in [5.41, 5.74) is 1.09. The van der Waals surface area contributed by atoms with Gasteiger partial charge in [-0.15, -0.1) is 0 Å². The molecule has 1 aromatic carbocycles. The summed E-state index contributed by atoms with van der Waals surface area (Å²) in [5.74, 6) is 0. The van der Waals surface area contributed by atoms with Crippen LogP contribution in [-0.4, -0.2) is 92.0 Å². The van der Waals surface area contributed by atoms with E-state index < -0.39 is 0 Å². The summed E-state index contributed by atoms with van der Waals surface area (Å²) in [6.07, 6.45) is -0.401. The molecule has 2 aliphatic rings. The third-order valence-corrected chi connectivity index (χ3v) is 5.93. The predicted molar refractivity (Wildman–Crippen MR) is 115 cm³/mol. The first-order valence-electron chi connectivity index (χ1n) is 10.2. The standard InChI is InChI=1S/C20H28Cl2N4O4/c1-2-29-20(28)26-7-5-25(6-8-26)19(27)23-12-16-14-24(9-10-30-16)13-15-3-4-17(21)18(22)11-15/h3-4,11,16H,2,5-10,12-14H2,1H3,(H,23,27). The highest BCUT2D eigenvalue weighted by atomic mass is 35.5. The molecule has 3 amide bonds. The molecule has 30 heavy (non-hydrogen) atoms. The van der Waals surface area contributed by atoms with Crippen LogP contribution in [-0.2, 0) is 16.0 Å². The van der Waals surface area contributed by atoms with Crippen LogP contribution >= 0.6 is 23.2 Å². The molecule has 0 aromatic heterocycles. The number of amides is 3. The maximum atomic E-state index is 12.5. The zero-order valence-corrected chi connectivity index (χ0v) is 18.6. The van der Waals surface area contributed by atoms with Gasteiger partial charge in [0.05, 0.1) is 29.4 Å². The molecule has 0 aliphatic carbocycles. The van der Waals surface area contributed by atoms with Gasteiger partial charge in [-0.2, -0.15) is 0 Å². The van der Waals surface area contributed by atoms with Gasteiger partial charge < -0.3 is 24.6 Å². The van der Waals surface area contributed by atoms with Crippen molar-refractivity contribution >= 4 is 35.3 Å². The molecule has 3 rings (SSSR count). The number of halogens is 2. The number of ether oxygens (including phenoxy) is 2. The number of carbonyl (C=O) groups is 2. The van der Waals surface area contributed by atoms with Crippen molar-refractivity contribution < 1.29 is 19.1 Å². The third-order valence-electron chi connectivity index (χ3n) is 5.19. The SMILES string of the molecule is CCOC(=O)N1CCN(C(=O)NCC2CN(Cc3ccc(Cl)c(Cl)c3)CCO2)CC1. The van der Waals surface area contributed by atoms with E-state index in [0.717, 1.165) is 25.2 Å². The monoisotopic (exact) mass is 458 g/mol. The lowest BCUT2D eigenvalue weighted by molar-refractivity contribution is -0.0292. The summed E-state index contributed by atoms with van der Waals surface area (Å²) in [6.45, 7) is 7.39. The molecule has 8 nitrogen and oxygen atoms in total. The molecular formula is C20H28Cl2N4O4. The average molecular weight is 459 g/mol. The second-order valence-electron chi connectivity index (χ2n) is 7.34. The fraction of sp³-hybridized carbons (Fsp3) is 0.600.